The molecular weight excluding hydrogens is 232 g/mol. The molecule has 0 aromatic carbocycles. The van der Waals surface area contributed by atoms with E-state index in [0.29, 0.717) is 0 Å². The maximum absolute atomic E-state index is 10.9. The first-order chi connectivity index (χ1) is 8.65. The van der Waals surface area contributed by atoms with Crippen molar-refractivity contribution < 1.29 is 9.90 Å². The van der Waals surface area contributed by atoms with E-state index >= 15 is 0 Å². The van der Waals surface area contributed by atoms with E-state index in [9.17, 15) is 4.79 Å². The van der Waals surface area contributed by atoms with Gasteiger partial charge in [0.2, 0.25) is 0 Å². The van der Waals surface area contributed by atoms with Crippen molar-refractivity contribution in [2.75, 3.05) is 18.0 Å². The highest BCUT2D eigenvalue weighted by Gasteiger charge is 2.35. The minimum atomic E-state index is -0.723. The molecule has 1 saturated heterocycles. The Morgan fingerprint density at radius 1 is 1.50 bits per heavy atom. The Morgan fingerprint density at radius 2 is 2.28 bits per heavy atom. The third-order valence-corrected chi connectivity index (χ3v) is 3.57. The predicted octanol–water partition coefficient (Wildman–Crippen LogP) is 0.886. The number of anilines is 1. The lowest BCUT2D eigenvalue weighted by Gasteiger charge is -2.42. The summed E-state index contributed by atoms with van der Waals surface area (Å²) in [6.45, 7) is 3.27. The van der Waals surface area contributed by atoms with Gasteiger partial charge < -0.3 is 10.0 Å². The molecule has 94 valence electrons. The number of nitrogens with zero attached hydrogens (tertiary/aromatic N) is 4. The quantitative estimate of drug-likeness (QED) is 0.870. The van der Waals surface area contributed by atoms with E-state index in [-0.39, 0.29) is 11.8 Å². The van der Waals surface area contributed by atoms with Crippen molar-refractivity contribution in [3.8, 4) is 0 Å². The van der Waals surface area contributed by atoms with Crippen LogP contribution in [0.2, 0.25) is 0 Å². The lowest BCUT2D eigenvalue weighted by molar-refractivity contribution is -0.143. The summed E-state index contributed by atoms with van der Waals surface area (Å²) < 4.78 is 1.71. The fraction of sp³-hybridized carbons (Fsp3) is 0.417. The van der Waals surface area contributed by atoms with Gasteiger partial charge in [-0.05, 0) is 6.07 Å². The van der Waals surface area contributed by atoms with Crippen LogP contribution < -0.4 is 4.90 Å². The van der Waals surface area contributed by atoms with Gasteiger partial charge in [-0.1, -0.05) is 6.92 Å². The highest BCUT2D eigenvalue weighted by atomic mass is 16.4. The minimum absolute atomic E-state index is 0.213. The largest absolute Gasteiger partial charge is 0.481 e. The van der Waals surface area contributed by atoms with Gasteiger partial charge in [0.15, 0.2) is 5.65 Å². The zero-order valence-electron chi connectivity index (χ0n) is 10.0. The van der Waals surface area contributed by atoms with E-state index in [1.165, 1.54) is 0 Å². The van der Waals surface area contributed by atoms with Crippen LogP contribution in [0.25, 0.3) is 5.65 Å². The monoisotopic (exact) mass is 246 g/mol. The molecule has 1 fully saturated rings. The Kier molecular flexibility index (Phi) is 2.43. The zero-order valence-corrected chi connectivity index (χ0v) is 10.0. The van der Waals surface area contributed by atoms with Gasteiger partial charge >= 0.3 is 5.97 Å². The van der Waals surface area contributed by atoms with Crippen LogP contribution in [0.1, 0.15) is 6.92 Å². The summed E-state index contributed by atoms with van der Waals surface area (Å²) in [5.41, 5.74) is 0.808. The Morgan fingerprint density at radius 3 is 3.00 bits per heavy atom. The van der Waals surface area contributed by atoms with Crippen LogP contribution in [-0.2, 0) is 4.79 Å². The molecule has 3 rings (SSSR count). The predicted molar refractivity (Wildman–Crippen MR) is 65.5 cm³/mol. The first-order valence-corrected chi connectivity index (χ1v) is 5.93. The molecule has 0 bridgehead atoms. The SMILES string of the molecule is CC(C(=O)O)C1CN(c2ccn3nccc3n2)C1. The molecule has 6 heteroatoms. The molecular formula is C12H14N4O2. The number of aromatic nitrogens is 3. The molecule has 2 aromatic rings. The van der Waals surface area contributed by atoms with Crippen molar-refractivity contribution in [3.05, 3.63) is 24.5 Å². The summed E-state index contributed by atoms with van der Waals surface area (Å²) in [4.78, 5) is 17.4. The first kappa shape index (κ1) is 11.0. The fourth-order valence-electron chi connectivity index (χ4n) is 2.20. The molecule has 1 N–H and O–H groups in total. The lowest BCUT2D eigenvalue weighted by atomic mass is 9.87. The van der Waals surface area contributed by atoms with Gasteiger partial charge in [-0.3, -0.25) is 4.79 Å². The average Bonchev–Trinajstić information content (AvgIpc) is 2.73. The molecule has 0 aliphatic carbocycles. The number of rotatable bonds is 3. The third-order valence-electron chi connectivity index (χ3n) is 3.57. The number of hydrogen-bond donors (Lipinski definition) is 1. The lowest BCUT2D eigenvalue weighted by Crippen LogP contribution is -2.51. The molecule has 6 nitrogen and oxygen atoms in total. The molecule has 2 aromatic heterocycles. The minimum Gasteiger partial charge on any atom is -0.481 e. The second-order valence-corrected chi connectivity index (χ2v) is 4.71. The zero-order chi connectivity index (χ0) is 12.7. The highest BCUT2D eigenvalue weighted by molar-refractivity contribution is 5.70. The molecule has 1 aliphatic rings. The number of aliphatic carboxylic acids is 1. The van der Waals surface area contributed by atoms with E-state index < -0.39 is 5.97 Å². The van der Waals surface area contributed by atoms with Gasteiger partial charge in [0.25, 0.3) is 0 Å². The van der Waals surface area contributed by atoms with Crippen molar-refractivity contribution in [2.24, 2.45) is 11.8 Å². The summed E-state index contributed by atoms with van der Waals surface area (Å²) in [5.74, 6) is 0.0843. The van der Waals surface area contributed by atoms with E-state index in [4.69, 9.17) is 5.11 Å². The molecule has 18 heavy (non-hydrogen) atoms. The van der Waals surface area contributed by atoms with Crippen LogP contribution in [-0.4, -0.2) is 38.8 Å². The third kappa shape index (κ3) is 1.70. The number of fused-ring (bicyclic) bond motifs is 1. The fourth-order valence-corrected chi connectivity index (χ4v) is 2.20. The number of carboxylic acid groups (broad SMARTS) is 1. The Hall–Kier alpha value is -2.11. The standard InChI is InChI=1S/C12H14N4O2/c1-8(12(17)18)9-6-15(7-9)10-3-5-16-11(14-10)2-4-13-16/h2-5,8-9H,6-7H2,1H3,(H,17,18). The molecule has 0 radical (unpaired) electrons. The summed E-state index contributed by atoms with van der Waals surface area (Å²) >= 11 is 0. The molecule has 1 aliphatic heterocycles. The molecule has 0 spiro atoms. The normalized spacial score (nSPS) is 17.7. The van der Waals surface area contributed by atoms with Gasteiger partial charge in [-0.2, -0.15) is 5.10 Å². The molecule has 0 saturated carbocycles. The summed E-state index contributed by atoms with van der Waals surface area (Å²) in [6.07, 6.45) is 3.57. The topological polar surface area (TPSA) is 70.7 Å². The van der Waals surface area contributed by atoms with Crippen LogP contribution in [0.5, 0.6) is 0 Å². The van der Waals surface area contributed by atoms with E-state index in [2.05, 4.69) is 15.0 Å². The van der Waals surface area contributed by atoms with E-state index in [0.717, 1.165) is 24.6 Å². The van der Waals surface area contributed by atoms with E-state index in [1.807, 2.05) is 18.3 Å². The average molecular weight is 246 g/mol. The Bertz CT molecular complexity index is 589. The van der Waals surface area contributed by atoms with Gasteiger partial charge in [-0.25, -0.2) is 9.50 Å². The first-order valence-electron chi connectivity index (χ1n) is 5.93. The van der Waals surface area contributed by atoms with Crippen LogP contribution in [0.3, 0.4) is 0 Å². The van der Waals surface area contributed by atoms with Crippen LogP contribution in [0.4, 0.5) is 5.82 Å². The summed E-state index contributed by atoms with van der Waals surface area (Å²) in [5, 5.41) is 13.0. The summed E-state index contributed by atoms with van der Waals surface area (Å²) in [7, 11) is 0. The highest BCUT2D eigenvalue weighted by Crippen LogP contribution is 2.28. The van der Waals surface area contributed by atoms with Crippen molar-refractivity contribution in [2.45, 2.75) is 6.92 Å². The van der Waals surface area contributed by atoms with Gasteiger partial charge in [0.1, 0.15) is 5.82 Å². The maximum Gasteiger partial charge on any atom is 0.306 e. The Labute approximate surface area is 104 Å². The van der Waals surface area contributed by atoms with E-state index in [1.54, 1.807) is 17.6 Å². The number of hydrogen-bond acceptors (Lipinski definition) is 4. The molecule has 1 unspecified atom stereocenters. The van der Waals surface area contributed by atoms with Gasteiger partial charge in [0, 0.05) is 31.3 Å². The second-order valence-electron chi connectivity index (χ2n) is 4.71. The van der Waals surface area contributed by atoms with Gasteiger partial charge in [-0.15, -0.1) is 0 Å². The van der Waals surface area contributed by atoms with Crippen molar-refractivity contribution in [1.29, 1.82) is 0 Å². The maximum atomic E-state index is 10.9. The number of carbonyl (C=O) groups is 1. The van der Waals surface area contributed by atoms with Crippen molar-refractivity contribution in [3.63, 3.8) is 0 Å². The van der Waals surface area contributed by atoms with Crippen molar-refractivity contribution in [1.82, 2.24) is 14.6 Å². The molecule has 1 atom stereocenters. The second kappa shape index (κ2) is 3.97. The number of carboxylic acids is 1. The van der Waals surface area contributed by atoms with Crippen LogP contribution in [0.15, 0.2) is 24.5 Å². The molecule has 0 amide bonds. The van der Waals surface area contributed by atoms with Crippen LogP contribution >= 0.6 is 0 Å². The van der Waals surface area contributed by atoms with Gasteiger partial charge in [0.05, 0.1) is 12.1 Å². The molecule has 3 heterocycles. The van der Waals surface area contributed by atoms with Crippen LogP contribution in [0, 0.1) is 11.8 Å². The van der Waals surface area contributed by atoms with Crippen molar-refractivity contribution >= 4 is 17.4 Å². The smallest absolute Gasteiger partial charge is 0.306 e. The summed E-state index contributed by atoms with van der Waals surface area (Å²) in [6, 6.07) is 3.75. The Balaban J connectivity index is 1.72.